The van der Waals surface area contributed by atoms with E-state index in [-0.39, 0.29) is 0 Å². The van der Waals surface area contributed by atoms with Gasteiger partial charge in [-0.1, -0.05) is 0 Å². The number of hydrogen-bond acceptors (Lipinski definition) is 6. The smallest absolute Gasteiger partial charge is 0.226 e. The van der Waals surface area contributed by atoms with Crippen molar-refractivity contribution in [1.29, 1.82) is 0 Å². The molecular formula is C10H17N7. The van der Waals surface area contributed by atoms with E-state index in [2.05, 4.69) is 35.7 Å². The summed E-state index contributed by atoms with van der Waals surface area (Å²) in [7, 11) is 5.86. The lowest BCUT2D eigenvalue weighted by atomic mass is 10.4. The zero-order valence-corrected chi connectivity index (χ0v) is 10.3. The zero-order valence-electron chi connectivity index (χ0n) is 10.3. The predicted octanol–water partition coefficient (Wildman–Crippen LogP) is 0.368. The second-order valence-electron chi connectivity index (χ2n) is 4.01. The van der Waals surface area contributed by atoms with Crippen LogP contribution in [-0.2, 0) is 0 Å². The lowest BCUT2D eigenvalue weighted by molar-refractivity contribution is 0.425. The minimum absolute atomic E-state index is 0.578. The molecule has 0 aromatic carbocycles. The second kappa shape index (κ2) is 4.96. The minimum Gasteiger partial charge on any atom is -0.368 e. The van der Waals surface area contributed by atoms with Gasteiger partial charge in [-0.05, 0) is 14.1 Å². The first-order valence-electron chi connectivity index (χ1n) is 5.48. The van der Waals surface area contributed by atoms with Gasteiger partial charge in [-0.3, -0.25) is 5.10 Å². The molecule has 0 saturated heterocycles. The summed E-state index contributed by atoms with van der Waals surface area (Å²) in [6, 6.07) is 0. The Bertz CT molecular complexity index is 490. The van der Waals surface area contributed by atoms with Crippen molar-refractivity contribution in [3.05, 3.63) is 6.20 Å². The summed E-state index contributed by atoms with van der Waals surface area (Å²) >= 11 is 0. The molecular weight excluding hydrogens is 218 g/mol. The average molecular weight is 235 g/mol. The third-order valence-corrected chi connectivity index (χ3v) is 2.38. The summed E-state index contributed by atoms with van der Waals surface area (Å²) < 4.78 is 0. The highest BCUT2D eigenvalue weighted by molar-refractivity contribution is 5.86. The van der Waals surface area contributed by atoms with Crippen molar-refractivity contribution in [2.75, 3.05) is 44.9 Å². The Morgan fingerprint density at radius 2 is 2.18 bits per heavy atom. The number of aromatic amines is 1. The molecule has 0 unspecified atom stereocenters. The maximum atomic E-state index is 4.38. The van der Waals surface area contributed by atoms with Crippen LogP contribution in [-0.4, -0.2) is 59.3 Å². The highest BCUT2D eigenvalue weighted by Gasteiger charge is 2.08. The highest BCUT2D eigenvalue weighted by Crippen LogP contribution is 2.19. The van der Waals surface area contributed by atoms with Crippen LogP contribution in [0, 0.1) is 0 Å². The molecule has 0 amide bonds. The standard InChI is InChI=1S/C10H17N7/c1-11-10-14-8(12-4-5-17(2)3)7-6-13-16-9(7)15-10/h6H,4-5H2,1-3H3,(H3,11,12,13,14,15,16). The van der Waals surface area contributed by atoms with Gasteiger partial charge >= 0.3 is 0 Å². The Kier molecular flexibility index (Phi) is 3.38. The Morgan fingerprint density at radius 3 is 2.88 bits per heavy atom. The van der Waals surface area contributed by atoms with E-state index in [4.69, 9.17) is 0 Å². The van der Waals surface area contributed by atoms with Gasteiger partial charge < -0.3 is 15.5 Å². The number of nitrogens with zero attached hydrogens (tertiary/aromatic N) is 4. The summed E-state index contributed by atoms with van der Waals surface area (Å²) in [6.07, 6.45) is 1.73. The van der Waals surface area contributed by atoms with Gasteiger partial charge in [0.1, 0.15) is 5.82 Å². The molecule has 7 nitrogen and oxygen atoms in total. The normalized spacial score (nSPS) is 11.1. The van der Waals surface area contributed by atoms with Gasteiger partial charge in [0.25, 0.3) is 0 Å². The summed E-state index contributed by atoms with van der Waals surface area (Å²) in [4.78, 5) is 10.8. The van der Waals surface area contributed by atoms with Gasteiger partial charge in [-0.25, -0.2) is 0 Å². The SMILES string of the molecule is CNc1nc(NCCN(C)C)c2cn[nH]c2n1. The van der Waals surface area contributed by atoms with E-state index in [0.29, 0.717) is 5.95 Å². The van der Waals surface area contributed by atoms with Gasteiger partial charge in [0, 0.05) is 20.1 Å². The van der Waals surface area contributed by atoms with Crippen LogP contribution in [0.15, 0.2) is 6.20 Å². The number of rotatable bonds is 5. The summed E-state index contributed by atoms with van der Waals surface area (Å²) in [5.41, 5.74) is 0.733. The molecule has 0 spiro atoms. The first-order chi connectivity index (χ1) is 8.20. The van der Waals surface area contributed by atoms with Crippen LogP contribution in [0.1, 0.15) is 0 Å². The predicted molar refractivity (Wildman–Crippen MR) is 68.3 cm³/mol. The van der Waals surface area contributed by atoms with E-state index >= 15 is 0 Å². The van der Waals surface area contributed by atoms with Gasteiger partial charge in [0.2, 0.25) is 5.95 Å². The molecule has 0 fully saturated rings. The molecule has 0 radical (unpaired) electrons. The van der Waals surface area contributed by atoms with Crippen molar-refractivity contribution in [3.63, 3.8) is 0 Å². The number of hydrogen-bond donors (Lipinski definition) is 3. The molecule has 0 aliphatic heterocycles. The van der Waals surface area contributed by atoms with Gasteiger partial charge in [-0.2, -0.15) is 15.1 Å². The molecule has 2 aromatic heterocycles. The molecule has 3 N–H and O–H groups in total. The van der Waals surface area contributed by atoms with Crippen LogP contribution < -0.4 is 10.6 Å². The van der Waals surface area contributed by atoms with Gasteiger partial charge in [-0.15, -0.1) is 0 Å². The molecule has 17 heavy (non-hydrogen) atoms. The number of aromatic nitrogens is 4. The summed E-state index contributed by atoms with van der Waals surface area (Å²) in [5, 5.41) is 13.9. The van der Waals surface area contributed by atoms with Crippen LogP contribution in [0.25, 0.3) is 11.0 Å². The highest BCUT2D eigenvalue weighted by atomic mass is 15.2. The molecule has 2 aromatic rings. The maximum absolute atomic E-state index is 4.38. The van der Waals surface area contributed by atoms with Crippen molar-refractivity contribution in [2.24, 2.45) is 0 Å². The number of nitrogens with one attached hydrogen (secondary N) is 3. The largest absolute Gasteiger partial charge is 0.368 e. The van der Waals surface area contributed by atoms with Crippen LogP contribution in [0.2, 0.25) is 0 Å². The van der Waals surface area contributed by atoms with Gasteiger partial charge in [0.05, 0.1) is 11.6 Å². The minimum atomic E-state index is 0.578. The summed E-state index contributed by atoms with van der Waals surface area (Å²) in [6.45, 7) is 1.77. The van der Waals surface area contributed by atoms with E-state index < -0.39 is 0 Å². The molecule has 0 saturated carbocycles. The lowest BCUT2D eigenvalue weighted by Gasteiger charge is -2.11. The van der Waals surface area contributed by atoms with Crippen molar-refractivity contribution in [2.45, 2.75) is 0 Å². The number of likely N-dealkylation sites (N-methyl/N-ethyl adjacent to an activating group) is 1. The molecule has 7 heteroatoms. The lowest BCUT2D eigenvalue weighted by Crippen LogP contribution is -2.21. The number of anilines is 2. The van der Waals surface area contributed by atoms with Crippen molar-refractivity contribution in [1.82, 2.24) is 25.1 Å². The molecule has 0 aliphatic carbocycles. The first kappa shape index (κ1) is 11.6. The number of fused-ring (bicyclic) bond motifs is 1. The molecule has 2 rings (SSSR count). The fraction of sp³-hybridized carbons (Fsp3) is 0.500. The quantitative estimate of drug-likeness (QED) is 0.694. The van der Waals surface area contributed by atoms with E-state index in [9.17, 15) is 0 Å². The van der Waals surface area contributed by atoms with Crippen molar-refractivity contribution < 1.29 is 0 Å². The van der Waals surface area contributed by atoms with Crippen LogP contribution in [0.4, 0.5) is 11.8 Å². The molecule has 92 valence electrons. The van der Waals surface area contributed by atoms with Crippen molar-refractivity contribution >= 4 is 22.8 Å². The molecule has 0 atom stereocenters. The van der Waals surface area contributed by atoms with Gasteiger partial charge in [0.15, 0.2) is 5.65 Å². The third-order valence-electron chi connectivity index (χ3n) is 2.38. The average Bonchev–Trinajstić information content (AvgIpc) is 2.76. The fourth-order valence-electron chi connectivity index (χ4n) is 1.48. The van der Waals surface area contributed by atoms with E-state index in [1.807, 2.05) is 14.1 Å². The van der Waals surface area contributed by atoms with E-state index in [1.54, 1.807) is 13.2 Å². The Labute approximate surface area is 99.6 Å². The Morgan fingerprint density at radius 1 is 1.35 bits per heavy atom. The molecule has 0 bridgehead atoms. The second-order valence-corrected chi connectivity index (χ2v) is 4.01. The molecule has 2 heterocycles. The first-order valence-corrected chi connectivity index (χ1v) is 5.48. The maximum Gasteiger partial charge on any atom is 0.226 e. The van der Waals surface area contributed by atoms with E-state index in [0.717, 1.165) is 29.9 Å². The Balaban J connectivity index is 2.21. The van der Waals surface area contributed by atoms with Crippen LogP contribution >= 0.6 is 0 Å². The zero-order chi connectivity index (χ0) is 12.3. The monoisotopic (exact) mass is 235 g/mol. The number of H-pyrrole nitrogens is 1. The summed E-state index contributed by atoms with van der Waals surface area (Å²) in [5.74, 6) is 1.38. The fourth-order valence-corrected chi connectivity index (χ4v) is 1.48. The van der Waals surface area contributed by atoms with E-state index in [1.165, 1.54) is 0 Å². The third kappa shape index (κ3) is 2.62. The van der Waals surface area contributed by atoms with Crippen LogP contribution in [0.3, 0.4) is 0 Å². The van der Waals surface area contributed by atoms with Crippen LogP contribution in [0.5, 0.6) is 0 Å². The molecule has 0 aliphatic rings. The topological polar surface area (TPSA) is 81.8 Å². The Hall–Kier alpha value is -1.89. The van der Waals surface area contributed by atoms with Crippen molar-refractivity contribution in [3.8, 4) is 0 Å².